The van der Waals surface area contributed by atoms with Crippen LogP contribution in [0.15, 0.2) is 30.6 Å². The molecule has 0 unspecified atom stereocenters. The van der Waals surface area contributed by atoms with E-state index in [4.69, 9.17) is 5.73 Å². The van der Waals surface area contributed by atoms with Gasteiger partial charge in [0.05, 0.1) is 0 Å². The number of benzene rings is 1. The Morgan fingerprint density at radius 1 is 1.07 bits per heavy atom. The Bertz CT molecular complexity index is 861. The second-order valence-corrected chi connectivity index (χ2v) is 9.07. The maximum absolute atomic E-state index is 12.3. The topological polar surface area (TPSA) is 117 Å². The van der Waals surface area contributed by atoms with Crippen LogP contribution in [0.4, 0.5) is 17.3 Å². The van der Waals surface area contributed by atoms with Crippen LogP contribution in [-0.4, -0.2) is 33.0 Å². The van der Waals surface area contributed by atoms with E-state index in [1.807, 2.05) is 19.1 Å². The van der Waals surface area contributed by atoms with Gasteiger partial charge in [-0.2, -0.15) is 0 Å². The van der Waals surface area contributed by atoms with Crippen LogP contribution in [0.3, 0.4) is 0 Å². The highest BCUT2D eigenvalue weighted by Gasteiger charge is 2.37. The minimum atomic E-state index is -0.264. The Balaban J connectivity index is 1.68. The highest BCUT2D eigenvalue weighted by Crippen LogP contribution is 2.32. The third-order valence-electron chi connectivity index (χ3n) is 5.02. The Kier molecular flexibility index (Phi) is 5.66. The number of rotatable bonds is 5. The van der Waals surface area contributed by atoms with E-state index < -0.39 is 0 Å². The van der Waals surface area contributed by atoms with Crippen molar-refractivity contribution < 1.29 is 4.79 Å². The molecule has 0 spiro atoms. The number of nitrogens with one attached hydrogen (secondary N) is 4. The lowest BCUT2D eigenvalue weighted by molar-refractivity contribution is 0.0962. The normalized spacial score (nSPS) is 18.1. The zero-order chi connectivity index (χ0) is 21.2. The molecule has 3 rings (SSSR count). The van der Waals surface area contributed by atoms with Crippen molar-refractivity contribution in [2.45, 2.75) is 64.6 Å². The first kappa shape index (κ1) is 20.9. The van der Waals surface area contributed by atoms with Gasteiger partial charge in [0.15, 0.2) is 11.6 Å². The molecule has 1 fully saturated rings. The molecule has 1 amide bonds. The molecule has 0 bridgehead atoms. The standard InChI is InChI=1S/C21H31N7O/c1-13-6-8-14(9-7-13)19(29)27-26-18-16(22)17(23-12-24-18)25-15-10-20(2,3)28-21(4,5)11-15/h6-9,12,15,28H,10-11,22H2,1-5H3,(H,27,29)(H2,23,24,25,26). The zero-order valence-corrected chi connectivity index (χ0v) is 17.8. The first-order valence-corrected chi connectivity index (χ1v) is 9.84. The number of aromatic nitrogens is 2. The number of anilines is 3. The summed E-state index contributed by atoms with van der Waals surface area (Å²) in [4.78, 5) is 20.8. The second-order valence-electron chi connectivity index (χ2n) is 9.07. The van der Waals surface area contributed by atoms with Gasteiger partial charge in [0.25, 0.3) is 5.91 Å². The fourth-order valence-corrected chi connectivity index (χ4v) is 4.12. The van der Waals surface area contributed by atoms with Crippen LogP contribution in [0.2, 0.25) is 0 Å². The number of piperidine rings is 1. The fraction of sp³-hybridized carbons (Fsp3) is 0.476. The summed E-state index contributed by atoms with van der Waals surface area (Å²) in [6.07, 6.45) is 3.30. The third-order valence-corrected chi connectivity index (χ3v) is 5.02. The van der Waals surface area contributed by atoms with Crippen LogP contribution < -0.4 is 27.2 Å². The van der Waals surface area contributed by atoms with E-state index in [0.717, 1.165) is 18.4 Å². The van der Waals surface area contributed by atoms with E-state index in [9.17, 15) is 4.79 Å². The van der Waals surface area contributed by atoms with Gasteiger partial charge in [-0.05, 0) is 59.6 Å². The summed E-state index contributed by atoms with van der Waals surface area (Å²) in [6, 6.07) is 7.52. The van der Waals surface area contributed by atoms with Crippen LogP contribution in [0, 0.1) is 6.92 Å². The number of amides is 1. The Morgan fingerprint density at radius 3 is 2.28 bits per heavy atom. The quantitative estimate of drug-likeness (QED) is 0.493. The predicted molar refractivity (Wildman–Crippen MR) is 117 cm³/mol. The number of carbonyl (C=O) groups excluding carboxylic acids is 1. The highest BCUT2D eigenvalue weighted by molar-refractivity contribution is 5.95. The molecule has 29 heavy (non-hydrogen) atoms. The molecule has 0 atom stereocenters. The zero-order valence-electron chi connectivity index (χ0n) is 17.8. The van der Waals surface area contributed by atoms with Crippen molar-refractivity contribution in [1.29, 1.82) is 0 Å². The number of nitrogens with zero attached hydrogens (tertiary/aromatic N) is 2. The van der Waals surface area contributed by atoms with Crippen molar-refractivity contribution in [3.05, 3.63) is 41.7 Å². The molecule has 1 saturated heterocycles. The first-order chi connectivity index (χ1) is 13.5. The fourth-order valence-electron chi connectivity index (χ4n) is 4.12. The maximum atomic E-state index is 12.3. The SMILES string of the molecule is Cc1ccc(C(=O)NNc2ncnc(NC3CC(C)(C)NC(C)(C)C3)c2N)cc1. The van der Waals surface area contributed by atoms with Gasteiger partial charge in [-0.1, -0.05) is 17.7 Å². The third kappa shape index (κ3) is 5.35. The average molecular weight is 398 g/mol. The molecule has 1 aromatic carbocycles. The number of nitrogens with two attached hydrogens (primary N) is 1. The van der Waals surface area contributed by atoms with E-state index in [0.29, 0.717) is 22.9 Å². The van der Waals surface area contributed by atoms with Gasteiger partial charge in [0.1, 0.15) is 12.0 Å². The summed E-state index contributed by atoms with van der Waals surface area (Å²) >= 11 is 0. The molecule has 1 aliphatic heterocycles. The first-order valence-electron chi connectivity index (χ1n) is 9.84. The summed E-state index contributed by atoms with van der Waals surface area (Å²) in [5.41, 5.74) is 13.7. The summed E-state index contributed by atoms with van der Waals surface area (Å²) < 4.78 is 0. The summed E-state index contributed by atoms with van der Waals surface area (Å²) in [6.45, 7) is 10.7. The molecule has 0 saturated carbocycles. The average Bonchev–Trinajstić information content (AvgIpc) is 2.60. The Morgan fingerprint density at radius 2 is 1.66 bits per heavy atom. The van der Waals surface area contributed by atoms with Crippen LogP contribution in [-0.2, 0) is 0 Å². The molecule has 156 valence electrons. The summed E-state index contributed by atoms with van der Waals surface area (Å²) in [5, 5.41) is 7.12. The van der Waals surface area contributed by atoms with Gasteiger partial charge in [-0.25, -0.2) is 9.97 Å². The molecule has 0 radical (unpaired) electrons. The van der Waals surface area contributed by atoms with Crippen molar-refractivity contribution in [2.75, 3.05) is 16.5 Å². The lowest BCUT2D eigenvalue weighted by atomic mass is 9.79. The van der Waals surface area contributed by atoms with Crippen LogP contribution >= 0.6 is 0 Å². The second kappa shape index (κ2) is 7.87. The van der Waals surface area contributed by atoms with Gasteiger partial charge in [0, 0.05) is 22.7 Å². The number of aryl methyl sites for hydroxylation is 1. The van der Waals surface area contributed by atoms with E-state index in [1.165, 1.54) is 6.33 Å². The number of carbonyl (C=O) groups is 1. The van der Waals surface area contributed by atoms with E-state index >= 15 is 0 Å². The minimum absolute atomic E-state index is 0.00427. The van der Waals surface area contributed by atoms with Gasteiger partial charge < -0.3 is 16.4 Å². The number of nitrogen functional groups attached to an aromatic ring is 1. The van der Waals surface area contributed by atoms with Gasteiger partial charge in [-0.3, -0.25) is 15.6 Å². The van der Waals surface area contributed by atoms with Crippen molar-refractivity contribution in [3.8, 4) is 0 Å². The predicted octanol–water partition coefficient (Wildman–Crippen LogP) is 2.85. The van der Waals surface area contributed by atoms with Crippen molar-refractivity contribution in [3.63, 3.8) is 0 Å². The molecule has 1 aromatic heterocycles. The molecular weight excluding hydrogens is 366 g/mol. The molecule has 0 aliphatic carbocycles. The van der Waals surface area contributed by atoms with E-state index in [2.05, 4.69) is 59.1 Å². The highest BCUT2D eigenvalue weighted by atomic mass is 16.2. The van der Waals surface area contributed by atoms with Crippen molar-refractivity contribution in [2.24, 2.45) is 0 Å². The van der Waals surface area contributed by atoms with Crippen molar-refractivity contribution in [1.82, 2.24) is 20.7 Å². The largest absolute Gasteiger partial charge is 0.393 e. The van der Waals surface area contributed by atoms with Crippen molar-refractivity contribution >= 4 is 23.2 Å². The van der Waals surface area contributed by atoms with E-state index in [-0.39, 0.29) is 23.0 Å². The van der Waals surface area contributed by atoms with Gasteiger partial charge in [-0.15, -0.1) is 0 Å². The van der Waals surface area contributed by atoms with Crippen LogP contribution in [0.1, 0.15) is 56.5 Å². The Labute approximate surface area is 172 Å². The molecule has 8 heteroatoms. The summed E-state index contributed by atoms with van der Waals surface area (Å²) in [5.74, 6) is 0.653. The van der Waals surface area contributed by atoms with E-state index in [1.54, 1.807) is 12.1 Å². The molecular formula is C21H31N7O. The molecule has 2 heterocycles. The number of hydrazine groups is 1. The monoisotopic (exact) mass is 397 g/mol. The molecule has 8 nitrogen and oxygen atoms in total. The summed E-state index contributed by atoms with van der Waals surface area (Å²) in [7, 11) is 0. The van der Waals surface area contributed by atoms with Crippen LogP contribution in [0.5, 0.6) is 0 Å². The van der Waals surface area contributed by atoms with Crippen LogP contribution in [0.25, 0.3) is 0 Å². The number of hydrogen-bond donors (Lipinski definition) is 5. The van der Waals surface area contributed by atoms with Gasteiger partial charge >= 0.3 is 0 Å². The smallest absolute Gasteiger partial charge is 0.269 e. The minimum Gasteiger partial charge on any atom is -0.393 e. The molecule has 6 N–H and O–H groups in total. The Hall–Kier alpha value is -2.87. The maximum Gasteiger partial charge on any atom is 0.269 e. The lowest BCUT2D eigenvalue weighted by Gasteiger charge is -2.46. The lowest BCUT2D eigenvalue weighted by Crippen LogP contribution is -2.60. The molecule has 2 aromatic rings. The van der Waals surface area contributed by atoms with Gasteiger partial charge in [0.2, 0.25) is 0 Å². The molecule has 1 aliphatic rings. The number of hydrogen-bond acceptors (Lipinski definition) is 7.